The van der Waals surface area contributed by atoms with Gasteiger partial charge in [0.1, 0.15) is 13.2 Å². The van der Waals surface area contributed by atoms with Gasteiger partial charge in [0.2, 0.25) is 11.5 Å². The molecule has 0 radical (unpaired) electrons. The van der Waals surface area contributed by atoms with Gasteiger partial charge < -0.3 is 9.47 Å². The summed E-state index contributed by atoms with van der Waals surface area (Å²) in [7, 11) is 0. The molecule has 0 N–H and O–H groups in total. The molecule has 0 aliphatic carbocycles. The first-order chi connectivity index (χ1) is 10.2. The summed E-state index contributed by atoms with van der Waals surface area (Å²) < 4.78 is 40.0. The van der Waals surface area contributed by atoms with E-state index in [2.05, 4.69) is 0 Å². The Morgan fingerprint density at radius 3 is 2.14 bits per heavy atom. The fraction of sp³-hybridized carbons (Fsp3) is 0.429. The normalized spacial score (nSPS) is 11.1. The molecule has 0 amide bonds. The van der Waals surface area contributed by atoms with Crippen LogP contribution in [0.1, 0.15) is 12.5 Å². The van der Waals surface area contributed by atoms with Crippen LogP contribution in [0.25, 0.3) is 10.1 Å². The maximum atomic E-state index is 14.7. The van der Waals surface area contributed by atoms with Gasteiger partial charge in [-0.1, -0.05) is 6.92 Å². The second kappa shape index (κ2) is 7.47. The molecule has 0 aliphatic rings. The Hall–Kier alpha value is -0.780. The van der Waals surface area contributed by atoms with Crippen molar-refractivity contribution in [2.45, 2.75) is 13.3 Å². The molecule has 7 heteroatoms. The summed E-state index contributed by atoms with van der Waals surface area (Å²) in [4.78, 5) is 0. The third-order valence-corrected chi connectivity index (χ3v) is 4.25. The van der Waals surface area contributed by atoms with Crippen LogP contribution in [0.15, 0.2) is 5.38 Å². The van der Waals surface area contributed by atoms with Crippen molar-refractivity contribution in [3.63, 3.8) is 0 Å². The lowest BCUT2D eigenvalue weighted by molar-refractivity contribution is 0.269. The molecule has 116 valence electrons. The van der Waals surface area contributed by atoms with Gasteiger partial charge in [0, 0.05) is 5.39 Å². The Morgan fingerprint density at radius 1 is 1.05 bits per heavy atom. The van der Waals surface area contributed by atoms with E-state index in [0.29, 0.717) is 6.42 Å². The van der Waals surface area contributed by atoms with Crippen molar-refractivity contribution in [1.82, 2.24) is 0 Å². The molecule has 1 aromatic heterocycles. The minimum Gasteiger partial charge on any atom is -0.486 e. The summed E-state index contributed by atoms with van der Waals surface area (Å²) in [5.74, 6) is -1.38. The fourth-order valence-corrected chi connectivity index (χ4v) is 3.24. The van der Waals surface area contributed by atoms with Crippen LogP contribution >= 0.6 is 34.5 Å². The Balaban J connectivity index is 2.64. The van der Waals surface area contributed by atoms with Crippen LogP contribution < -0.4 is 9.47 Å². The monoisotopic (exact) mass is 354 g/mol. The molecule has 2 nitrogen and oxygen atoms in total. The van der Waals surface area contributed by atoms with Crippen molar-refractivity contribution >= 4 is 44.6 Å². The number of halogens is 4. The quantitative estimate of drug-likeness (QED) is 0.653. The highest BCUT2D eigenvalue weighted by Gasteiger charge is 2.25. The molecule has 21 heavy (non-hydrogen) atoms. The van der Waals surface area contributed by atoms with Crippen LogP contribution in [0.4, 0.5) is 8.78 Å². The number of aryl methyl sites for hydroxylation is 1. The van der Waals surface area contributed by atoms with Gasteiger partial charge in [-0.2, -0.15) is 0 Å². The number of hydrogen-bond donors (Lipinski definition) is 0. The molecule has 2 aromatic rings. The lowest BCUT2D eigenvalue weighted by Crippen LogP contribution is -2.07. The predicted molar refractivity (Wildman–Crippen MR) is 83.5 cm³/mol. The summed E-state index contributed by atoms with van der Waals surface area (Å²) in [6.07, 6.45) is 0.604. The van der Waals surface area contributed by atoms with Crippen LogP contribution in [-0.2, 0) is 6.42 Å². The Morgan fingerprint density at radius 2 is 1.62 bits per heavy atom. The van der Waals surface area contributed by atoms with Crippen LogP contribution in [0.5, 0.6) is 11.5 Å². The van der Waals surface area contributed by atoms with Crippen LogP contribution in [0.3, 0.4) is 0 Å². The molecule has 0 unspecified atom stereocenters. The Labute approximate surface area is 135 Å². The van der Waals surface area contributed by atoms with Gasteiger partial charge in [0.25, 0.3) is 0 Å². The zero-order chi connectivity index (χ0) is 15.4. The molecule has 0 saturated heterocycles. The highest BCUT2D eigenvalue weighted by Crippen LogP contribution is 2.43. The first-order valence-electron chi connectivity index (χ1n) is 6.44. The van der Waals surface area contributed by atoms with Gasteiger partial charge in [-0.15, -0.1) is 34.5 Å². The number of hydrogen-bond acceptors (Lipinski definition) is 3. The molecule has 0 fully saturated rings. The van der Waals surface area contributed by atoms with Gasteiger partial charge in [-0.25, -0.2) is 8.78 Å². The first kappa shape index (κ1) is 16.6. The Bertz CT molecular complexity index is 631. The first-order valence-corrected chi connectivity index (χ1v) is 8.39. The molecular formula is C14H14Cl2F2O2S. The van der Waals surface area contributed by atoms with Crippen molar-refractivity contribution in [2.75, 3.05) is 25.0 Å². The molecule has 0 aliphatic heterocycles. The summed E-state index contributed by atoms with van der Waals surface area (Å²) >= 11 is 12.2. The lowest BCUT2D eigenvalue weighted by Gasteiger charge is -2.14. The minimum atomic E-state index is -0.620. The topological polar surface area (TPSA) is 18.5 Å². The highest BCUT2D eigenvalue weighted by atomic mass is 35.5. The third kappa shape index (κ3) is 3.20. The highest BCUT2D eigenvalue weighted by molar-refractivity contribution is 7.17. The van der Waals surface area contributed by atoms with E-state index in [9.17, 15) is 8.78 Å². The molecule has 0 bridgehead atoms. The van der Waals surface area contributed by atoms with Crippen molar-refractivity contribution < 1.29 is 18.3 Å². The zero-order valence-electron chi connectivity index (χ0n) is 11.3. The van der Waals surface area contributed by atoms with Gasteiger partial charge in [-0.3, -0.25) is 0 Å². The van der Waals surface area contributed by atoms with Crippen LogP contribution in [0.2, 0.25) is 0 Å². The molecular weight excluding hydrogens is 341 g/mol. The van der Waals surface area contributed by atoms with E-state index in [4.69, 9.17) is 32.7 Å². The van der Waals surface area contributed by atoms with E-state index in [0.717, 1.165) is 16.9 Å². The van der Waals surface area contributed by atoms with E-state index in [1.165, 1.54) is 0 Å². The van der Waals surface area contributed by atoms with E-state index in [1.807, 2.05) is 6.92 Å². The van der Waals surface area contributed by atoms with Gasteiger partial charge in [0.05, 0.1) is 16.5 Å². The Kier molecular flexibility index (Phi) is 5.90. The number of alkyl halides is 2. The van der Waals surface area contributed by atoms with Gasteiger partial charge in [-0.05, 0) is 17.4 Å². The zero-order valence-corrected chi connectivity index (χ0v) is 13.7. The van der Waals surface area contributed by atoms with Crippen LogP contribution in [-0.4, -0.2) is 25.0 Å². The van der Waals surface area contributed by atoms with E-state index in [1.54, 1.807) is 5.38 Å². The third-order valence-electron chi connectivity index (χ3n) is 2.92. The smallest absolute Gasteiger partial charge is 0.201 e. The molecule has 1 heterocycles. The van der Waals surface area contributed by atoms with Gasteiger partial charge >= 0.3 is 0 Å². The average molecular weight is 355 g/mol. The maximum absolute atomic E-state index is 14.7. The maximum Gasteiger partial charge on any atom is 0.201 e. The molecule has 0 saturated carbocycles. The summed E-state index contributed by atoms with van der Waals surface area (Å²) in [5, 5.41) is 2.00. The number of ether oxygens (including phenoxy) is 2. The SMILES string of the molecule is CCc1csc2c(F)c(OCCCl)c(OCCCl)c(F)c12. The van der Waals surface area contributed by atoms with E-state index in [-0.39, 0.29) is 46.6 Å². The second-order valence-corrected chi connectivity index (χ2v) is 5.82. The van der Waals surface area contributed by atoms with Crippen molar-refractivity contribution in [2.24, 2.45) is 0 Å². The van der Waals surface area contributed by atoms with Crippen molar-refractivity contribution in [3.8, 4) is 11.5 Å². The van der Waals surface area contributed by atoms with E-state index < -0.39 is 11.6 Å². The van der Waals surface area contributed by atoms with Gasteiger partial charge in [0.15, 0.2) is 11.6 Å². The largest absolute Gasteiger partial charge is 0.486 e. The van der Waals surface area contributed by atoms with E-state index >= 15 is 0 Å². The van der Waals surface area contributed by atoms with Crippen LogP contribution in [0, 0.1) is 11.6 Å². The molecule has 2 rings (SSSR count). The molecule has 1 aromatic carbocycles. The standard InChI is InChI=1S/C14H14Cl2F2O2S/c1-2-8-7-21-14-9(8)10(17)12(19-5-3-15)13(11(14)18)20-6-4-16/h7H,2-6H2,1H3. The number of thiophene rings is 1. The summed E-state index contributed by atoms with van der Waals surface area (Å²) in [6, 6.07) is 0. The fourth-order valence-electron chi connectivity index (χ4n) is 2.01. The van der Waals surface area contributed by atoms with Crippen molar-refractivity contribution in [1.29, 1.82) is 0 Å². The van der Waals surface area contributed by atoms with Crippen molar-refractivity contribution in [3.05, 3.63) is 22.6 Å². The second-order valence-electron chi connectivity index (χ2n) is 4.18. The summed E-state index contributed by atoms with van der Waals surface area (Å²) in [5.41, 5.74) is 0.742. The summed E-state index contributed by atoms with van der Waals surface area (Å²) in [6.45, 7) is 2.01. The molecule has 0 spiro atoms. The predicted octanol–water partition coefficient (Wildman–Crippen LogP) is 4.98. The average Bonchev–Trinajstić information content (AvgIpc) is 2.92. The number of fused-ring (bicyclic) bond motifs is 1. The number of rotatable bonds is 7. The lowest BCUT2D eigenvalue weighted by atomic mass is 10.1. The minimum absolute atomic E-state index is 0.0618. The number of benzene rings is 1. The molecule has 0 atom stereocenters.